The van der Waals surface area contributed by atoms with Gasteiger partial charge >= 0.3 is 0 Å². The Labute approximate surface area is 215 Å². The van der Waals surface area contributed by atoms with Crippen molar-refractivity contribution in [1.82, 2.24) is 4.98 Å². The molecule has 5 nitrogen and oxygen atoms in total. The molecular weight excluding hydrogens is 495 g/mol. The van der Waals surface area contributed by atoms with Gasteiger partial charge in [-0.1, -0.05) is 42.5 Å². The van der Waals surface area contributed by atoms with Gasteiger partial charge in [0.15, 0.2) is 5.13 Å². The monoisotopic (exact) mass is 515 g/mol. The number of carbonyl (C=O) groups excluding carboxylic acids is 2. The lowest BCUT2D eigenvalue weighted by atomic mass is 10.1. The van der Waals surface area contributed by atoms with Crippen LogP contribution in [-0.2, 0) is 4.79 Å². The third-order valence-corrected chi connectivity index (χ3v) is 8.04. The summed E-state index contributed by atoms with van der Waals surface area (Å²) in [5.41, 5.74) is 2.15. The highest BCUT2D eigenvalue weighted by molar-refractivity contribution is 8.00. The van der Waals surface area contributed by atoms with E-state index >= 15 is 0 Å². The Balaban J connectivity index is 1.21. The average molecular weight is 516 g/mol. The molecule has 0 fully saturated rings. The second-order valence-electron chi connectivity index (χ2n) is 7.81. The molecule has 1 atom stereocenters. The number of thioether (sulfide) groups is 1. The molecule has 2 amide bonds. The Bertz CT molecular complexity index is 1490. The number of amides is 2. The lowest BCUT2D eigenvalue weighted by molar-refractivity contribution is -0.115. The SMILES string of the molecule is CC(Sc1cccc(NC(=O)c2ccc3ccccc3c2)c1)C(=O)Nc1nc(-c2cccs2)cs1. The van der Waals surface area contributed by atoms with Gasteiger partial charge in [0.1, 0.15) is 0 Å². The minimum atomic E-state index is -0.337. The van der Waals surface area contributed by atoms with E-state index in [0.717, 1.165) is 26.2 Å². The van der Waals surface area contributed by atoms with E-state index in [0.29, 0.717) is 16.4 Å². The molecule has 0 aliphatic heterocycles. The number of nitrogens with one attached hydrogen (secondary N) is 2. The molecule has 5 aromatic rings. The van der Waals surface area contributed by atoms with Crippen LogP contribution in [0.5, 0.6) is 0 Å². The molecule has 2 N–H and O–H groups in total. The van der Waals surface area contributed by atoms with Crippen molar-refractivity contribution in [3.05, 3.63) is 95.2 Å². The Kier molecular flexibility index (Phi) is 6.94. The molecule has 3 aromatic carbocycles. The van der Waals surface area contributed by atoms with Gasteiger partial charge in [-0.3, -0.25) is 9.59 Å². The Hall–Kier alpha value is -3.46. The van der Waals surface area contributed by atoms with Crippen molar-refractivity contribution in [3.8, 4) is 10.6 Å². The smallest absolute Gasteiger partial charge is 0.255 e. The summed E-state index contributed by atoms with van der Waals surface area (Å²) in [7, 11) is 0. The molecule has 35 heavy (non-hydrogen) atoms. The second-order valence-corrected chi connectivity index (χ2v) is 11.0. The number of hydrogen-bond acceptors (Lipinski definition) is 6. The normalized spacial score (nSPS) is 11.8. The largest absolute Gasteiger partial charge is 0.322 e. The van der Waals surface area contributed by atoms with Crippen molar-refractivity contribution < 1.29 is 9.59 Å². The molecule has 0 saturated heterocycles. The maximum absolute atomic E-state index is 12.8. The number of carbonyl (C=O) groups is 2. The van der Waals surface area contributed by atoms with Crippen LogP contribution in [0.2, 0.25) is 0 Å². The van der Waals surface area contributed by atoms with Gasteiger partial charge in [0.05, 0.1) is 15.8 Å². The van der Waals surface area contributed by atoms with Crippen molar-refractivity contribution in [2.45, 2.75) is 17.1 Å². The lowest BCUT2D eigenvalue weighted by Gasteiger charge is -2.12. The van der Waals surface area contributed by atoms with Gasteiger partial charge in [-0.15, -0.1) is 34.4 Å². The maximum Gasteiger partial charge on any atom is 0.255 e. The Morgan fingerprint density at radius 3 is 2.57 bits per heavy atom. The molecule has 2 heterocycles. The van der Waals surface area contributed by atoms with E-state index in [1.54, 1.807) is 11.3 Å². The average Bonchev–Trinajstić information content (AvgIpc) is 3.56. The van der Waals surface area contributed by atoms with E-state index < -0.39 is 0 Å². The van der Waals surface area contributed by atoms with Gasteiger partial charge in [0.25, 0.3) is 5.91 Å². The van der Waals surface area contributed by atoms with Crippen LogP contribution in [0.3, 0.4) is 0 Å². The van der Waals surface area contributed by atoms with Crippen LogP contribution >= 0.6 is 34.4 Å². The number of benzene rings is 3. The van der Waals surface area contributed by atoms with Crippen molar-refractivity contribution >= 4 is 67.8 Å². The first-order valence-corrected chi connectivity index (χ1v) is 13.6. The van der Waals surface area contributed by atoms with Crippen molar-refractivity contribution in [1.29, 1.82) is 0 Å². The fourth-order valence-corrected chi connectivity index (χ4v) is 5.91. The van der Waals surface area contributed by atoms with E-state index in [4.69, 9.17) is 0 Å². The zero-order chi connectivity index (χ0) is 24.2. The summed E-state index contributed by atoms with van der Waals surface area (Å²) in [5.74, 6) is -0.290. The molecule has 5 rings (SSSR count). The summed E-state index contributed by atoms with van der Waals surface area (Å²) in [6.07, 6.45) is 0. The first-order valence-electron chi connectivity index (χ1n) is 10.9. The third kappa shape index (κ3) is 5.62. The molecule has 0 bridgehead atoms. The van der Waals surface area contributed by atoms with Crippen LogP contribution in [0.25, 0.3) is 21.3 Å². The van der Waals surface area contributed by atoms with Gasteiger partial charge in [-0.2, -0.15) is 0 Å². The molecule has 0 saturated carbocycles. The highest BCUT2D eigenvalue weighted by atomic mass is 32.2. The van der Waals surface area contributed by atoms with E-state index in [1.807, 2.05) is 96.5 Å². The number of aromatic nitrogens is 1. The number of anilines is 2. The van der Waals surface area contributed by atoms with Gasteiger partial charge in [-0.05, 0) is 59.5 Å². The van der Waals surface area contributed by atoms with Crippen LogP contribution in [0.1, 0.15) is 17.3 Å². The van der Waals surface area contributed by atoms with Crippen LogP contribution in [-0.4, -0.2) is 22.0 Å². The molecule has 8 heteroatoms. The van der Waals surface area contributed by atoms with Crippen LogP contribution in [0, 0.1) is 0 Å². The van der Waals surface area contributed by atoms with Gasteiger partial charge < -0.3 is 10.6 Å². The van der Waals surface area contributed by atoms with Crippen molar-refractivity contribution in [2.24, 2.45) is 0 Å². The van der Waals surface area contributed by atoms with Gasteiger partial charge in [-0.25, -0.2) is 4.98 Å². The van der Waals surface area contributed by atoms with E-state index in [-0.39, 0.29) is 17.1 Å². The number of rotatable bonds is 7. The topological polar surface area (TPSA) is 71.1 Å². The zero-order valence-corrected chi connectivity index (χ0v) is 21.2. The van der Waals surface area contributed by atoms with Crippen LogP contribution in [0.15, 0.2) is 94.5 Å². The van der Waals surface area contributed by atoms with Gasteiger partial charge in [0, 0.05) is 21.5 Å². The highest BCUT2D eigenvalue weighted by Gasteiger charge is 2.17. The predicted octanol–water partition coefficient (Wildman–Crippen LogP) is 7.40. The van der Waals surface area contributed by atoms with Crippen molar-refractivity contribution in [3.63, 3.8) is 0 Å². The molecule has 1 unspecified atom stereocenters. The second kappa shape index (κ2) is 10.4. The van der Waals surface area contributed by atoms with E-state index in [9.17, 15) is 9.59 Å². The minimum Gasteiger partial charge on any atom is -0.322 e. The summed E-state index contributed by atoms with van der Waals surface area (Å²) in [4.78, 5) is 32.0. The summed E-state index contributed by atoms with van der Waals surface area (Å²) < 4.78 is 0. The molecular formula is C27H21N3O2S3. The number of thiazole rings is 1. The molecule has 0 radical (unpaired) electrons. The molecule has 0 spiro atoms. The lowest BCUT2D eigenvalue weighted by Crippen LogP contribution is -2.22. The Morgan fingerprint density at radius 2 is 1.74 bits per heavy atom. The number of hydrogen-bond donors (Lipinski definition) is 2. The summed E-state index contributed by atoms with van der Waals surface area (Å²) in [6.45, 7) is 1.86. The Morgan fingerprint density at radius 1 is 0.886 bits per heavy atom. The first kappa shape index (κ1) is 23.3. The van der Waals surface area contributed by atoms with E-state index in [2.05, 4.69) is 15.6 Å². The number of nitrogens with zero attached hydrogens (tertiary/aromatic N) is 1. The highest BCUT2D eigenvalue weighted by Crippen LogP contribution is 2.30. The standard InChI is InChI=1S/C27H21N3O2S3/c1-17(25(31)30-27-29-23(16-34-27)24-10-5-13-33-24)35-22-9-4-8-21(15-22)28-26(32)20-12-11-18-6-2-3-7-19(18)14-20/h2-17H,1H3,(H,28,32)(H,29,30,31). The number of thiophene rings is 1. The summed E-state index contributed by atoms with van der Waals surface area (Å²) in [5, 5.41) is 12.2. The van der Waals surface area contributed by atoms with Crippen LogP contribution < -0.4 is 10.6 Å². The fourth-order valence-electron chi connectivity index (χ4n) is 3.51. The van der Waals surface area contributed by atoms with Crippen molar-refractivity contribution in [2.75, 3.05) is 10.6 Å². The van der Waals surface area contributed by atoms with Crippen LogP contribution in [0.4, 0.5) is 10.8 Å². The fraction of sp³-hybridized carbons (Fsp3) is 0.0741. The van der Waals surface area contributed by atoms with E-state index in [1.165, 1.54) is 23.1 Å². The van der Waals surface area contributed by atoms with Gasteiger partial charge in [0.2, 0.25) is 5.91 Å². The maximum atomic E-state index is 12.8. The molecule has 0 aliphatic carbocycles. The number of fused-ring (bicyclic) bond motifs is 1. The molecule has 2 aromatic heterocycles. The summed E-state index contributed by atoms with van der Waals surface area (Å²) in [6, 6.07) is 25.1. The quantitative estimate of drug-likeness (QED) is 0.222. The first-order chi connectivity index (χ1) is 17.0. The predicted molar refractivity (Wildman–Crippen MR) is 148 cm³/mol. The third-order valence-electron chi connectivity index (χ3n) is 5.29. The molecule has 174 valence electrons. The zero-order valence-electron chi connectivity index (χ0n) is 18.7. The minimum absolute atomic E-state index is 0.118. The molecule has 0 aliphatic rings. The summed E-state index contributed by atoms with van der Waals surface area (Å²) >= 11 is 4.46.